The molecule has 0 saturated carbocycles. The normalized spacial score (nSPS) is 15.9. The molecule has 5 nitrogen and oxygen atoms in total. The molecule has 1 aromatic carbocycles. The average molecular weight is 396 g/mol. The lowest BCUT2D eigenvalue weighted by Gasteiger charge is -2.30. The van der Waals surface area contributed by atoms with E-state index in [1.807, 2.05) is 35.2 Å². The summed E-state index contributed by atoms with van der Waals surface area (Å²) >= 11 is 18.6. The van der Waals surface area contributed by atoms with Crippen molar-refractivity contribution >= 4 is 46.6 Å². The molecule has 0 spiro atoms. The smallest absolute Gasteiger partial charge is 0.320 e. The van der Waals surface area contributed by atoms with E-state index in [-0.39, 0.29) is 15.2 Å². The summed E-state index contributed by atoms with van der Waals surface area (Å²) in [6, 6.07) is 9.32. The maximum atomic E-state index is 11.6. The van der Waals surface area contributed by atoms with Gasteiger partial charge >= 0.3 is 5.70 Å². The quantitative estimate of drug-likeness (QED) is 0.319. The third-order valence-corrected chi connectivity index (χ3v) is 5.11. The number of nitrogens with zero attached hydrogens (tertiary/aromatic N) is 2. The maximum absolute atomic E-state index is 11.6. The molecule has 0 N–H and O–H groups in total. The van der Waals surface area contributed by atoms with Gasteiger partial charge in [0.15, 0.2) is 10.1 Å². The van der Waals surface area contributed by atoms with Gasteiger partial charge in [0.25, 0.3) is 0 Å². The Hall–Kier alpha value is -0.920. The zero-order valence-corrected chi connectivity index (χ0v) is 15.0. The van der Waals surface area contributed by atoms with Gasteiger partial charge in [-0.25, -0.2) is 0 Å². The standard InChI is InChI=1S/C14H13Cl3N2O3S/c15-11(13(16)17)12(19(20)21)14(18-6-8-22-9-7-18)23-10-4-2-1-3-5-10/h1-5H,6-9H2/b14-12-. The Balaban J connectivity index is 2.51. The van der Waals surface area contributed by atoms with Crippen LogP contribution in [0, 0.1) is 10.1 Å². The minimum absolute atomic E-state index is 0.275. The molecule has 1 aliphatic rings. The second kappa shape index (κ2) is 8.80. The van der Waals surface area contributed by atoms with Crippen LogP contribution in [0.15, 0.2) is 55.5 Å². The Morgan fingerprint density at radius 3 is 2.30 bits per heavy atom. The lowest BCUT2D eigenvalue weighted by atomic mass is 10.4. The van der Waals surface area contributed by atoms with E-state index in [2.05, 4.69) is 0 Å². The summed E-state index contributed by atoms with van der Waals surface area (Å²) in [4.78, 5) is 13.7. The van der Waals surface area contributed by atoms with Crippen LogP contribution >= 0.6 is 46.6 Å². The monoisotopic (exact) mass is 394 g/mol. The molecule has 0 aliphatic carbocycles. The van der Waals surface area contributed by atoms with Crippen molar-refractivity contribution < 1.29 is 9.66 Å². The van der Waals surface area contributed by atoms with Gasteiger partial charge in [0, 0.05) is 18.0 Å². The predicted molar refractivity (Wildman–Crippen MR) is 93.3 cm³/mol. The molecule has 23 heavy (non-hydrogen) atoms. The van der Waals surface area contributed by atoms with Crippen LogP contribution in [0.25, 0.3) is 0 Å². The largest absolute Gasteiger partial charge is 0.378 e. The van der Waals surface area contributed by atoms with E-state index in [1.165, 1.54) is 11.8 Å². The number of allylic oxidation sites excluding steroid dienone is 1. The van der Waals surface area contributed by atoms with Crippen LogP contribution in [-0.4, -0.2) is 36.1 Å². The van der Waals surface area contributed by atoms with Crippen LogP contribution < -0.4 is 0 Å². The predicted octanol–water partition coefficient (Wildman–Crippen LogP) is 4.44. The number of rotatable bonds is 5. The van der Waals surface area contributed by atoms with Crippen molar-refractivity contribution in [1.29, 1.82) is 0 Å². The lowest BCUT2D eigenvalue weighted by molar-refractivity contribution is -0.421. The van der Waals surface area contributed by atoms with Gasteiger partial charge in [0.2, 0.25) is 0 Å². The number of benzene rings is 1. The summed E-state index contributed by atoms with van der Waals surface area (Å²) in [6.07, 6.45) is 0. The summed E-state index contributed by atoms with van der Waals surface area (Å²) in [5.74, 6) is 0. The van der Waals surface area contributed by atoms with Crippen LogP contribution in [0.2, 0.25) is 0 Å². The highest BCUT2D eigenvalue weighted by molar-refractivity contribution is 8.03. The molecule has 9 heteroatoms. The highest BCUT2D eigenvalue weighted by Crippen LogP contribution is 2.37. The molecule has 1 heterocycles. The minimum Gasteiger partial charge on any atom is -0.378 e. The number of thioether (sulfide) groups is 1. The molecule has 0 atom stereocenters. The number of ether oxygens (including phenoxy) is 1. The summed E-state index contributed by atoms with van der Waals surface area (Å²) in [6.45, 7) is 2.02. The first kappa shape index (κ1) is 18.4. The highest BCUT2D eigenvalue weighted by atomic mass is 35.5. The molecular weight excluding hydrogens is 383 g/mol. The van der Waals surface area contributed by atoms with Gasteiger partial charge in [-0.3, -0.25) is 10.1 Å². The van der Waals surface area contributed by atoms with Crippen LogP contribution in [0.5, 0.6) is 0 Å². The molecule has 0 unspecified atom stereocenters. The molecular formula is C14H13Cl3N2O3S. The van der Waals surface area contributed by atoms with E-state index in [1.54, 1.807) is 0 Å². The maximum Gasteiger partial charge on any atom is 0.320 e. The van der Waals surface area contributed by atoms with Crippen LogP contribution in [-0.2, 0) is 4.74 Å². The Labute approximate surface area is 153 Å². The number of morpholine rings is 1. The first-order chi connectivity index (χ1) is 11.0. The second-order valence-electron chi connectivity index (χ2n) is 4.50. The van der Waals surface area contributed by atoms with E-state index in [0.29, 0.717) is 31.3 Å². The number of nitro groups is 1. The lowest BCUT2D eigenvalue weighted by Crippen LogP contribution is -2.36. The highest BCUT2D eigenvalue weighted by Gasteiger charge is 2.30. The fourth-order valence-corrected chi connectivity index (χ4v) is 3.47. The summed E-state index contributed by atoms with van der Waals surface area (Å²) in [5.41, 5.74) is -0.303. The fourth-order valence-electron chi connectivity index (χ4n) is 1.97. The van der Waals surface area contributed by atoms with Crippen molar-refractivity contribution in [2.45, 2.75) is 4.90 Å². The zero-order valence-electron chi connectivity index (χ0n) is 11.9. The minimum atomic E-state index is -0.562. The Kier molecular flexibility index (Phi) is 7.05. The van der Waals surface area contributed by atoms with Crippen LogP contribution in [0.3, 0.4) is 0 Å². The van der Waals surface area contributed by atoms with Gasteiger partial charge in [0.1, 0.15) is 4.49 Å². The van der Waals surface area contributed by atoms with E-state index >= 15 is 0 Å². The molecule has 124 valence electrons. The van der Waals surface area contributed by atoms with E-state index in [9.17, 15) is 10.1 Å². The Bertz CT molecular complexity index is 627. The third-order valence-electron chi connectivity index (χ3n) is 3.02. The van der Waals surface area contributed by atoms with Crippen molar-refractivity contribution in [2.75, 3.05) is 26.3 Å². The number of hydrogen-bond acceptors (Lipinski definition) is 5. The molecule has 1 saturated heterocycles. The first-order valence-electron chi connectivity index (χ1n) is 6.66. The molecule has 1 fully saturated rings. The molecule has 0 radical (unpaired) electrons. The third kappa shape index (κ3) is 5.02. The van der Waals surface area contributed by atoms with Crippen molar-refractivity contribution in [3.63, 3.8) is 0 Å². The number of hydrogen-bond donors (Lipinski definition) is 0. The van der Waals surface area contributed by atoms with Gasteiger partial charge < -0.3 is 9.64 Å². The molecule has 2 rings (SSSR count). The molecule has 0 bridgehead atoms. The summed E-state index contributed by atoms with van der Waals surface area (Å²) in [7, 11) is 0. The Morgan fingerprint density at radius 1 is 1.17 bits per heavy atom. The van der Waals surface area contributed by atoms with Crippen molar-refractivity contribution in [3.8, 4) is 0 Å². The molecule has 0 amide bonds. The van der Waals surface area contributed by atoms with Gasteiger partial charge in [-0.15, -0.1) is 0 Å². The van der Waals surface area contributed by atoms with E-state index in [0.717, 1.165) is 4.90 Å². The van der Waals surface area contributed by atoms with Gasteiger partial charge in [-0.05, 0) is 12.1 Å². The van der Waals surface area contributed by atoms with Crippen molar-refractivity contribution in [1.82, 2.24) is 4.90 Å². The first-order valence-corrected chi connectivity index (χ1v) is 8.61. The number of halogens is 3. The molecule has 0 aromatic heterocycles. The molecule has 1 aliphatic heterocycles. The van der Waals surface area contributed by atoms with Crippen molar-refractivity contribution in [2.24, 2.45) is 0 Å². The van der Waals surface area contributed by atoms with Gasteiger partial charge in [-0.2, -0.15) is 0 Å². The van der Waals surface area contributed by atoms with Crippen LogP contribution in [0.1, 0.15) is 0 Å². The summed E-state index contributed by atoms with van der Waals surface area (Å²) in [5, 5.41) is 11.7. The summed E-state index contributed by atoms with van der Waals surface area (Å²) < 4.78 is 4.97. The SMILES string of the molecule is O=[N+]([O-])/C(C(Cl)=C(Cl)Cl)=C(\Sc1ccccc1)N1CCOCC1. The average Bonchev–Trinajstić information content (AvgIpc) is 2.55. The zero-order chi connectivity index (χ0) is 16.8. The van der Waals surface area contributed by atoms with Gasteiger partial charge in [0.05, 0.1) is 18.1 Å². The van der Waals surface area contributed by atoms with E-state index < -0.39 is 4.92 Å². The topological polar surface area (TPSA) is 55.6 Å². The van der Waals surface area contributed by atoms with Crippen LogP contribution in [0.4, 0.5) is 0 Å². The fraction of sp³-hybridized carbons (Fsp3) is 0.286. The molecule has 1 aromatic rings. The van der Waals surface area contributed by atoms with E-state index in [4.69, 9.17) is 39.5 Å². The van der Waals surface area contributed by atoms with Gasteiger partial charge in [-0.1, -0.05) is 64.8 Å². The van der Waals surface area contributed by atoms with Crippen molar-refractivity contribution in [3.05, 3.63) is 60.7 Å². The second-order valence-corrected chi connectivity index (χ2v) is 6.89. The Morgan fingerprint density at radius 2 is 1.78 bits per heavy atom.